The lowest BCUT2D eigenvalue weighted by Crippen LogP contribution is -2.32. The third-order valence-corrected chi connectivity index (χ3v) is 5.04. The van der Waals surface area contributed by atoms with Crippen LogP contribution in [0.2, 0.25) is 0 Å². The molecule has 2 bridgehead atoms. The van der Waals surface area contributed by atoms with Gasteiger partial charge in [0, 0.05) is 12.1 Å². The van der Waals surface area contributed by atoms with Crippen LogP contribution in [-0.4, -0.2) is 12.1 Å². The van der Waals surface area contributed by atoms with Gasteiger partial charge in [-0.2, -0.15) is 0 Å². The van der Waals surface area contributed by atoms with Crippen LogP contribution in [-0.2, 0) is 0 Å². The van der Waals surface area contributed by atoms with Crippen molar-refractivity contribution in [1.82, 2.24) is 5.32 Å². The molecule has 3 fully saturated rings. The minimum Gasteiger partial charge on any atom is -0.311 e. The van der Waals surface area contributed by atoms with E-state index in [0.717, 1.165) is 41.7 Å². The van der Waals surface area contributed by atoms with E-state index >= 15 is 0 Å². The summed E-state index contributed by atoms with van der Waals surface area (Å²) in [5.74, 6) is 5.26. The summed E-state index contributed by atoms with van der Waals surface area (Å²) in [7, 11) is 0. The van der Waals surface area contributed by atoms with Gasteiger partial charge in [0.2, 0.25) is 0 Å². The van der Waals surface area contributed by atoms with Crippen molar-refractivity contribution in [2.45, 2.75) is 58.5 Å². The topological polar surface area (TPSA) is 12.0 Å². The Hall–Kier alpha value is -0.0400. The molecule has 1 heteroatoms. The molecule has 1 N–H and O–H groups in total. The van der Waals surface area contributed by atoms with Crippen LogP contribution in [0.1, 0.15) is 46.5 Å². The molecule has 3 rings (SSSR count). The number of hydrogen-bond donors (Lipinski definition) is 1. The molecule has 0 saturated heterocycles. The van der Waals surface area contributed by atoms with E-state index in [9.17, 15) is 0 Å². The zero-order chi connectivity index (χ0) is 10.6. The molecule has 0 aromatic carbocycles. The highest BCUT2D eigenvalue weighted by atomic mass is 15.0. The minimum atomic E-state index is 0.736. The predicted octanol–water partition coefficient (Wildman–Crippen LogP) is 3.06. The van der Waals surface area contributed by atoms with Gasteiger partial charge in [-0.25, -0.2) is 0 Å². The van der Waals surface area contributed by atoms with Crippen molar-refractivity contribution in [3.8, 4) is 0 Å². The highest BCUT2D eigenvalue weighted by Crippen LogP contribution is 2.65. The summed E-state index contributed by atoms with van der Waals surface area (Å²) >= 11 is 0. The summed E-state index contributed by atoms with van der Waals surface area (Å²) in [6.45, 7) is 7.03. The Bertz CT molecular complexity index is 232. The Morgan fingerprint density at radius 3 is 2.20 bits per heavy atom. The van der Waals surface area contributed by atoms with Gasteiger partial charge >= 0.3 is 0 Å². The largest absolute Gasteiger partial charge is 0.311 e. The number of fused-ring (bicyclic) bond motifs is 5. The van der Waals surface area contributed by atoms with Crippen molar-refractivity contribution in [3.05, 3.63) is 0 Å². The van der Waals surface area contributed by atoms with Gasteiger partial charge in [0.1, 0.15) is 0 Å². The first-order valence-electron chi connectivity index (χ1n) is 6.93. The maximum absolute atomic E-state index is 3.89. The molecule has 0 radical (unpaired) electrons. The highest BCUT2D eigenvalue weighted by Gasteiger charge is 2.64. The van der Waals surface area contributed by atoms with Gasteiger partial charge in [0.05, 0.1) is 0 Å². The molecule has 0 heterocycles. The van der Waals surface area contributed by atoms with E-state index in [1.54, 1.807) is 19.3 Å². The van der Waals surface area contributed by atoms with E-state index in [-0.39, 0.29) is 0 Å². The molecule has 15 heavy (non-hydrogen) atoms. The standard InChI is InChI=1S/C14H25N/c1-8(2)6-9(3)15-14-12-10-4-5-11(7-10)13(12)14/h8-15H,4-7H2,1-3H3. The summed E-state index contributed by atoms with van der Waals surface area (Å²) in [4.78, 5) is 0. The van der Waals surface area contributed by atoms with Crippen LogP contribution in [0.3, 0.4) is 0 Å². The molecule has 1 nitrogen and oxygen atoms in total. The van der Waals surface area contributed by atoms with Gasteiger partial charge < -0.3 is 5.32 Å². The lowest BCUT2D eigenvalue weighted by molar-refractivity contribution is 0.389. The Morgan fingerprint density at radius 1 is 1.07 bits per heavy atom. The zero-order valence-corrected chi connectivity index (χ0v) is 10.4. The normalized spacial score (nSPS) is 48.4. The van der Waals surface area contributed by atoms with E-state index < -0.39 is 0 Å². The molecule has 3 aliphatic carbocycles. The second-order valence-corrected chi connectivity index (χ2v) is 6.71. The maximum Gasteiger partial charge on any atom is 0.0138 e. The molecule has 0 aromatic heterocycles. The summed E-state index contributed by atoms with van der Waals surface area (Å²) in [6.07, 6.45) is 6.00. The fraction of sp³-hybridized carbons (Fsp3) is 1.00. The second kappa shape index (κ2) is 3.48. The number of nitrogens with one attached hydrogen (secondary N) is 1. The lowest BCUT2D eigenvalue weighted by atomic mass is 10.0. The van der Waals surface area contributed by atoms with E-state index in [1.807, 2.05) is 0 Å². The van der Waals surface area contributed by atoms with Crippen LogP contribution in [0, 0.1) is 29.6 Å². The van der Waals surface area contributed by atoms with Gasteiger partial charge in [-0.3, -0.25) is 0 Å². The highest BCUT2D eigenvalue weighted by molar-refractivity contribution is 5.17. The number of rotatable bonds is 4. The molecule has 5 atom stereocenters. The van der Waals surface area contributed by atoms with Gasteiger partial charge in [0.25, 0.3) is 0 Å². The third-order valence-electron chi connectivity index (χ3n) is 5.04. The van der Waals surface area contributed by atoms with Crippen molar-refractivity contribution in [3.63, 3.8) is 0 Å². The average molecular weight is 207 g/mol. The van der Waals surface area contributed by atoms with E-state index in [0.29, 0.717) is 0 Å². The van der Waals surface area contributed by atoms with Crippen LogP contribution >= 0.6 is 0 Å². The molecule has 0 aliphatic heterocycles. The van der Waals surface area contributed by atoms with Crippen molar-refractivity contribution in [1.29, 1.82) is 0 Å². The first-order chi connectivity index (χ1) is 7.16. The molecule has 86 valence electrons. The maximum atomic E-state index is 3.89. The fourth-order valence-electron chi connectivity index (χ4n) is 4.65. The molecule has 0 aromatic rings. The number of hydrogen-bond acceptors (Lipinski definition) is 1. The quantitative estimate of drug-likeness (QED) is 0.747. The summed E-state index contributed by atoms with van der Waals surface area (Å²) < 4.78 is 0. The van der Waals surface area contributed by atoms with Crippen molar-refractivity contribution >= 4 is 0 Å². The SMILES string of the molecule is CC(C)CC(C)NC1C2C3CCC(C3)C12. The zero-order valence-electron chi connectivity index (χ0n) is 10.4. The van der Waals surface area contributed by atoms with Crippen molar-refractivity contribution < 1.29 is 0 Å². The summed E-state index contributed by atoms with van der Waals surface area (Å²) in [5, 5.41) is 3.89. The Balaban J connectivity index is 1.51. The molecule has 3 saturated carbocycles. The van der Waals surface area contributed by atoms with Gasteiger partial charge in [-0.05, 0) is 62.2 Å². The Kier molecular flexibility index (Phi) is 2.35. The van der Waals surface area contributed by atoms with Gasteiger partial charge in [-0.1, -0.05) is 13.8 Å². The smallest absolute Gasteiger partial charge is 0.0138 e. The van der Waals surface area contributed by atoms with Crippen molar-refractivity contribution in [2.24, 2.45) is 29.6 Å². The van der Waals surface area contributed by atoms with Gasteiger partial charge in [-0.15, -0.1) is 0 Å². The first-order valence-corrected chi connectivity index (χ1v) is 6.93. The monoisotopic (exact) mass is 207 g/mol. The molecule has 3 aliphatic rings. The minimum absolute atomic E-state index is 0.736. The summed E-state index contributed by atoms with van der Waals surface area (Å²) in [5.41, 5.74) is 0. The van der Waals surface area contributed by atoms with Crippen LogP contribution in [0.15, 0.2) is 0 Å². The van der Waals surface area contributed by atoms with E-state index in [4.69, 9.17) is 0 Å². The second-order valence-electron chi connectivity index (χ2n) is 6.71. The van der Waals surface area contributed by atoms with Crippen LogP contribution < -0.4 is 5.32 Å². The van der Waals surface area contributed by atoms with E-state index in [1.165, 1.54) is 6.42 Å². The van der Waals surface area contributed by atoms with Crippen LogP contribution in [0.5, 0.6) is 0 Å². The van der Waals surface area contributed by atoms with Gasteiger partial charge in [0.15, 0.2) is 0 Å². The molecular weight excluding hydrogens is 182 g/mol. The molecule has 5 unspecified atom stereocenters. The van der Waals surface area contributed by atoms with E-state index in [2.05, 4.69) is 26.1 Å². The molecule has 0 amide bonds. The van der Waals surface area contributed by atoms with Crippen LogP contribution in [0.4, 0.5) is 0 Å². The average Bonchev–Trinajstić information content (AvgIpc) is 2.58. The van der Waals surface area contributed by atoms with Crippen LogP contribution in [0.25, 0.3) is 0 Å². The first kappa shape index (κ1) is 10.1. The Morgan fingerprint density at radius 2 is 1.67 bits per heavy atom. The van der Waals surface area contributed by atoms with Crippen molar-refractivity contribution in [2.75, 3.05) is 0 Å². The predicted molar refractivity (Wildman–Crippen MR) is 63.7 cm³/mol. The lowest BCUT2D eigenvalue weighted by Gasteiger charge is -2.18. The fourth-order valence-corrected chi connectivity index (χ4v) is 4.65. The Labute approximate surface area is 94.0 Å². The summed E-state index contributed by atoms with van der Waals surface area (Å²) in [6, 6.07) is 1.66. The third kappa shape index (κ3) is 1.63. The molecular formula is C14H25N. The molecule has 0 spiro atoms.